The first-order chi connectivity index (χ1) is 4.95. The Morgan fingerprint density at radius 2 is 2.18 bits per heavy atom. The smallest absolute Gasteiger partial charge is 0.407 e. The highest BCUT2D eigenvalue weighted by Gasteiger charge is 2.14. The maximum Gasteiger partial charge on any atom is 0.407 e. The number of carbonyl (C=O) groups excluding carboxylic acids is 1. The molecular weight excluding hydrogens is 162 g/mol. The molecule has 0 aliphatic carbocycles. The van der Waals surface area contributed by atoms with Crippen molar-refractivity contribution in [1.29, 1.82) is 0 Å². The molecule has 0 heterocycles. The minimum absolute atomic E-state index is 0.365. The van der Waals surface area contributed by atoms with E-state index in [2.05, 4.69) is 17.5 Å². The lowest BCUT2D eigenvalue weighted by Gasteiger charge is -2.19. The van der Waals surface area contributed by atoms with E-state index in [0.29, 0.717) is 6.54 Å². The lowest BCUT2D eigenvalue weighted by molar-refractivity contribution is 0.0537. The summed E-state index contributed by atoms with van der Waals surface area (Å²) in [6, 6.07) is 0. The second kappa shape index (κ2) is 4.28. The van der Waals surface area contributed by atoms with Crippen LogP contribution in [0, 0.1) is 0 Å². The van der Waals surface area contributed by atoms with E-state index in [0.717, 1.165) is 0 Å². The predicted octanol–water partition coefficient (Wildman–Crippen LogP) is 1.51. The summed E-state index contributed by atoms with van der Waals surface area (Å²) in [5.41, 5.74) is -0.439. The molecule has 0 unspecified atom stereocenters. The summed E-state index contributed by atoms with van der Waals surface area (Å²) in [5.74, 6) is 0. The highest BCUT2D eigenvalue weighted by molar-refractivity contribution is 7.79. The zero-order valence-electron chi connectivity index (χ0n) is 7.01. The maximum atomic E-state index is 10.8. The number of ether oxygens (including phenoxy) is 1. The lowest BCUT2D eigenvalue weighted by atomic mass is 10.2. The van der Waals surface area contributed by atoms with Crippen LogP contribution in [0.15, 0.2) is 0 Å². The molecule has 0 fully saturated rings. The Bertz CT molecular complexity index is 151. The van der Waals surface area contributed by atoms with E-state index in [9.17, 15) is 4.79 Å². The molecule has 0 atom stereocenters. The molecule has 3 nitrogen and oxygen atoms in total. The molecule has 0 aromatic carbocycles. The van der Waals surface area contributed by atoms with E-state index in [4.69, 9.17) is 4.74 Å². The molecule has 4 heteroatoms. The highest BCUT2D eigenvalue weighted by Crippen LogP contribution is 2.05. The highest BCUT2D eigenvalue weighted by atomic mass is 32.1. The topological polar surface area (TPSA) is 38.3 Å². The van der Waals surface area contributed by atoms with Gasteiger partial charge in [0.25, 0.3) is 0 Å². The van der Waals surface area contributed by atoms with Crippen molar-refractivity contribution in [2.45, 2.75) is 26.4 Å². The number of hydrogen-bond acceptors (Lipinski definition) is 3. The lowest BCUT2D eigenvalue weighted by Crippen LogP contribution is -2.33. The first-order valence-corrected chi connectivity index (χ1v) is 3.83. The van der Waals surface area contributed by atoms with Gasteiger partial charge < -0.3 is 10.1 Å². The molecule has 0 saturated heterocycles. The fourth-order valence-electron chi connectivity index (χ4n) is 0.439. The van der Waals surface area contributed by atoms with Gasteiger partial charge in [0.1, 0.15) is 5.60 Å². The molecule has 0 aliphatic rings. The van der Waals surface area contributed by atoms with Gasteiger partial charge in [-0.25, -0.2) is 4.79 Å². The van der Waals surface area contributed by atoms with Gasteiger partial charge in [-0.1, -0.05) is 12.2 Å². The number of rotatable bonds is 2. The first kappa shape index (κ1) is 10.4. The second-order valence-corrected chi connectivity index (χ2v) is 3.38. The molecule has 1 N–H and O–H groups in total. The van der Waals surface area contributed by atoms with Crippen LogP contribution in [-0.2, 0) is 4.74 Å². The van der Waals surface area contributed by atoms with Gasteiger partial charge in [-0.3, -0.25) is 0 Å². The average molecular weight is 175 g/mol. The number of nitrogens with one attached hydrogen (secondary N) is 1. The van der Waals surface area contributed by atoms with Crippen molar-refractivity contribution in [3.8, 4) is 0 Å². The maximum absolute atomic E-state index is 10.8. The van der Waals surface area contributed by atoms with Gasteiger partial charge in [-0.2, -0.15) is 0 Å². The largest absolute Gasteiger partial charge is 0.444 e. The van der Waals surface area contributed by atoms with Crippen LogP contribution >= 0.6 is 12.2 Å². The quantitative estimate of drug-likeness (QED) is 0.646. The van der Waals surface area contributed by atoms with Crippen molar-refractivity contribution in [3.05, 3.63) is 0 Å². The van der Waals surface area contributed by atoms with E-state index in [1.807, 2.05) is 20.8 Å². The number of carbonyl (C=O) groups is 1. The van der Waals surface area contributed by atoms with E-state index < -0.39 is 11.7 Å². The third kappa shape index (κ3) is 7.25. The molecule has 64 valence electrons. The average Bonchev–Trinajstić information content (AvgIpc) is 1.79. The van der Waals surface area contributed by atoms with Crippen LogP contribution < -0.4 is 5.32 Å². The van der Waals surface area contributed by atoms with Crippen molar-refractivity contribution in [2.75, 3.05) is 6.54 Å². The Balaban J connectivity index is 3.61. The van der Waals surface area contributed by atoms with Crippen molar-refractivity contribution in [2.24, 2.45) is 0 Å². The fraction of sp³-hybridized carbons (Fsp3) is 0.714. The van der Waals surface area contributed by atoms with E-state index in [1.54, 1.807) is 0 Å². The van der Waals surface area contributed by atoms with E-state index in [-0.39, 0.29) is 0 Å². The van der Waals surface area contributed by atoms with Crippen LogP contribution in [0.1, 0.15) is 20.8 Å². The molecule has 0 spiro atoms. The van der Waals surface area contributed by atoms with Crippen molar-refractivity contribution in [1.82, 2.24) is 5.32 Å². The van der Waals surface area contributed by atoms with Crippen molar-refractivity contribution < 1.29 is 9.53 Å². The van der Waals surface area contributed by atoms with E-state index in [1.165, 1.54) is 5.37 Å². The molecule has 0 aromatic rings. The monoisotopic (exact) mass is 175 g/mol. The fourth-order valence-corrected chi connectivity index (χ4v) is 0.523. The minimum Gasteiger partial charge on any atom is -0.444 e. The number of hydrogen-bond donors (Lipinski definition) is 1. The number of amides is 1. The summed E-state index contributed by atoms with van der Waals surface area (Å²) in [6.07, 6.45) is -0.432. The third-order valence-corrected chi connectivity index (χ3v) is 0.895. The summed E-state index contributed by atoms with van der Waals surface area (Å²) >= 11 is 4.52. The molecule has 1 amide bonds. The SMILES string of the molecule is CC(C)(C)OC(=O)NCC=S. The van der Waals surface area contributed by atoms with E-state index >= 15 is 0 Å². The van der Waals surface area contributed by atoms with Gasteiger partial charge in [-0.05, 0) is 26.1 Å². The van der Waals surface area contributed by atoms with Crippen LogP contribution in [0.25, 0.3) is 0 Å². The molecule has 0 radical (unpaired) electrons. The van der Waals surface area contributed by atoms with Gasteiger partial charge in [0, 0.05) is 6.54 Å². The molecule has 11 heavy (non-hydrogen) atoms. The molecule has 0 rings (SSSR count). The Morgan fingerprint density at radius 3 is 2.55 bits per heavy atom. The normalized spacial score (nSPS) is 10.5. The Labute approximate surface area is 72.1 Å². The van der Waals surface area contributed by atoms with Gasteiger partial charge in [0.2, 0.25) is 0 Å². The van der Waals surface area contributed by atoms with Crippen molar-refractivity contribution in [3.63, 3.8) is 0 Å². The summed E-state index contributed by atoms with van der Waals surface area (Å²) < 4.78 is 4.92. The number of alkyl carbamates (subject to hydrolysis) is 1. The van der Waals surface area contributed by atoms with Crippen LogP contribution in [0.2, 0.25) is 0 Å². The molecule has 0 aromatic heterocycles. The van der Waals surface area contributed by atoms with Crippen LogP contribution in [0.3, 0.4) is 0 Å². The second-order valence-electron chi connectivity index (χ2n) is 3.05. The van der Waals surface area contributed by atoms with Crippen LogP contribution in [0.5, 0.6) is 0 Å². The standard InChI is InChI=1S/C7H13NO2S/c1-7(2,3)10-6(9)8-4-5-11/h5H,4H2,1-3H3,(H,8,9). The molecular formula is C7H13NO2S. The molecule has 0 aliphatic heterocycles. The molecule has 0 bridgehead atoms. The zero-order chi connectivity index (χ0) is 8.91. The number of thiocarbonyl (C=S) groups is 1. The van der Waals surface area contributed by atoms with Crippen molar-refractivity contribution >= 4 is 23.7 Å². The van der Waals surface area contributed by atoms with Gasteiger partial charge >= 0.3 is 6.09 Å². The first-order valence-electron chi connectivity index (χ1n) is 3.36. The summed E-state index contributed by atoms with van der Waals surface area (Å²) in [4.78, 5) is 10.8. The summed E-state index contributed by atoms with van der Waals surface area (Å²) in [5, 5.41) is 3.90. The van der Waals surface area contributed by atoms with Crippen LogP contribution in [0.4, 0.5) is 4.79 Å². The minimum atomic E-state index is -0.439. The van der Waals surface area contributed by atoms with Gasteiger partial charge in [-0.15, -0.1) is 0 Å². The Morgan fingerprint density at radius 1 is 1.64 bits per heavy atom. The van der Waals surface area contributed by atoms with Gasteiger partial charge in [0.15, 0.2) is 0 Å². The third-order valence-electron chi connectivity index (χ3n) is 0.729. The Hall–Kier alpha value is -0.640. The van der Waals surface area contributed by atoms with Crippen LogP contribution in [-0.4, -0.2) is 23.6 Å². The zero-order valence-corrected chi connectivity index (χ0v) is 7.83. The predicted molar refractivity (Wildman–Crippen MR) is 47.9 cm³/mol. The Kier molecular flexibility index (Phi) is 4.03. The summed E-state index contributed by atoms with van der Waals surface area (Å²) in [6.45, 7) is 5.79. The summed E-state index contributed by atoms with van der Waals surface area (Å²) in [7, 11) is 0. The molecule has 0 saturated carbocycles. The van der Waals surface area contributed by atoms with Gasteiger partial charge in [0.05, 0.1) is 0 Å².